The van der Waals surface area contributed by atoms with Gasteiger partial charge in [-0.2, -0.15) is 0 Å². The van der Waals surface area contributed by atoms with Gasteiger partial charge < -0.3 is 15.5 Å². The Balaban J connectivity index is 0.000000659. The molecule has 2 fully saturated rings. The molecule has 2 heterocycles. The van der Waals surface area contributed by atoms with Gasteiger partial charge >= 0.3 is 0 Å². The first-order valence-electron chi connectivity index (χ1n) is 8.01. The van der Waals surface area contributed by atoms with Gasteiger partial charge in [0, 0.05) is 12.1 Å². The molecule has 0 atom stereocenters. The molecule has 0 saturated carbocycles. The van der Waals surface area contributed by atoms with Gasteiger partial charge in [0.25, 0.3) is 0 Å². The van der Waals surface area contributed by atoms with Crippen molar-refractivity contribution in [1.82, 2.24) is 15.5 Å². The molecule has 3 nitrogen and oxygen atoms in total. The monoisotopic (exact) mass is 257 g/mol. The lowest BCUT2D eigenvalue weighted by Crippen LogP contribution is -2.49. The Morgan fingerprint density at radius 2 is 0.944 bits per heavy atom. The molecule has 0 aromatic rings. The van der Waals surface area contributed by atoms with Gasteiger partial charge in [-0.05, 0) is 58.9 Å². The summed E-state index contributed by atoms with van der Waals surface area (Å²) in [5, 5.41) is 6.87. The Kier molecular flexibility index (Phi) is 11.9. The molecule has 0 radical (unpaired) electrons. The van der Waals surface area contributed by atoms with E-state index in [-0.39, 0.29) is 0 Å². The minimum Gasteiger partial charge on any atom is -0.317 e. The highest BCUT2D eigenvalue weighted by Crippen LogP contribution is 2.18. The molecule has 2 saturated heterocycles. The molecule has 0 aromatic heterocycles. The van der Waals surface area contributed by atoms with Crippen molar-refractivity contribution in [2.24, 2.45) is 0 Å². The zero-order valence-corrected chi connectivity index (χ0v) is 13.3. The van der Waals surface area contributed by atoms with Gasteiger partial charge in [-0.1, -0.05) is 27.7 Å². The summed E-state index contributed by atoms with van der Waals surface area (Å²) in [7, 11) is 2.33. The lowest BCUT2D eigenvalue weighted by molar-refractivity contribution is 0.119. The third-order valence-corrected chi connectivity index (χ3v) is 3.77. The maximum absolute atomic E-state index is 3.43. The maximum atomic E-state index is 3.43. The fourth-order valence-electron chi connectivity index (χ4n) is 2.73. The topological polar surface area (TPSA) is 27.3 Å². The quantitative estimate of drug-likeness (QED) is 0.796. The van der Waals surface area contributed by atoms with Gasteiger partial charge in [0.2, 0.25) is 0 Å². The molecule has 2 aliphatic heterocycles. The van der Waals surface area contributed by atoms with Crippen LogP contribution in [-0.2, 0) is 0 Å². The van der Waals surface area contributed by atoms with E-state index < -0.39 is 0 Å². The predicted octanol–water partition coefficient (Wildman–Crippen LogP) is 2.47. The third kappa shape index (κ3) is 6.17. The van der Waals surface area contributed by atoms with Gasteiger partial charge in [0.1, 0.15) is 0 Å². The Morgan fingerprint density at radius 1 is 0.667 bits per heavy atom. The normalized spacial score (nSPS) is 21.7. The van der Waals surface area contributed by atoms with E-state index in [9.17, 15) is 0 Å². The highest BCUT2D eigenvalue weighted by Gasteiger charge is 2.25. The average molecular weight is 257 g/mol. The number of rotatable bonds is 2. The summed E-state index contributed by atoms with van der Waals surface area (Å²) in [5.41, 5.74) is 0. The molecule has 0 spiro atoms. The van der Waals surface area contributed by atoms with E-state index in [1.165, 1.54) is 51.9 Å². The van der Waals surface area contributed by atoms with Crippen molar-refractivity contribution < 1.29 is 0 Å². The first-order chi connectivity index (χ1) is 8.88. The van der Waals surface area contributed by atoms with Crippen LogP contribution >= 0.6 is 0 Å². The van der Waals surface area contributed by atoms with Crippen LogP contribution in [-0.4, -0.2) is 50.2 Å². The van der Waals surface area contributed by atoms with Crippen molar-refractivity contribution in [3.05, 3.63) is 0 Å². The molecule has 2 N–H and O–H groups in total. The van der Waals surface area contributed by atoms with E-state index in [1.807, 2.05) is 27.7 Å². The summed E-state index contributed by atoms with van der Waals surface area (Å²) in [5.74, 6) is 0. The molecule has 3 heteroatoms. The van der Waals surface area contributed by atoms with E-state index in [1.54, 1.807) is 0 Å². The van der Waals surface area contributed by atoms with Gasteiger partial charge in [-0.25, -0.2) is 0 Å². The SMILES string of the molecule is CC.CC.CN(C1CCNCC1)C1CCNCC1. The summed E-state index contributed by atoms with van der Waals surface area (Å²) >= 11 is 0. The molecule has 0 unspecified atom stereocenters. The summed E-state index contributed by atoms with van der Waals surface area (Å²) in [6.07, 6.45) is 5.34. The van der Waals surface area contributed by atoms with Crippen LogP contribution in [0.15, 0.2) is 0 Å². The molecule has 2 rings (SSSR count). The van der Waals surface area contributed by atoms with E-state index in [0.717, 1.165) is 12.1 Å². The van der Waals surface area contributed by atoms with Crippen LogP contribution in [0.2, 0.25) is 0 Å². The molecule has 0 aliphatic carbocycles. The van der Waals surface area contributed by atoms with Crippen molar-refractivity contribution in [1.29, 1.82) is 0 Å². The third-order valence-electron chi connectivity index (χ3n) is 3.77. The fraction of sp³-hybridized carbons (Fsp3) is 1.00. The number of nitrogens with one attached hydrogen (secondary N) is 2. The van der Waals surface area contributed by atoms with Crippen LogP contribution in [0.5, 0.6) is 0 Å². The van der Waals surface area contributed by atoms with Crippen LogP contribution < -0.4 is 10.6 Å². The Labute approximate surface area is 115 Å². The van der Waals surface area contributed by atoms with Crippen molar-refractivity contribution in [2.45, 2.75) is 65.5 Å². The standard InChI is InChI=1S/C11H23N3.2C2H6/c1-14(10-2-6-12-7-3-10)11-4-8-13-9-5-11;2*1-2/h10-13H,2-9H2,1H3;2*1-2H3. The molecule has 110 valence electrons. The lowest BCUT2D eigenvalue weighted by Gasteiger charge is -2.39. The smallest absolute Gasteiger partial charge is 0.0119 e. The first-order valence-corrected chi connectivity index (χ1v) is 8.01. The number of hydrogen-bond donors (Lipinski definition) is 2. The van der Waals surface area contributed by atoms with Gasteiger partial charge in [0.15, 0.2) is 0 Å². The second kappa shape index (κ2) is 11.9. The zero-order valence-electron chi connectivity index (χ0n) is 13.3. The van der Waals surface area contributed by atoms with Crippen molar-refractivity contribution >= 4 is 0 Å². The molecule has 0 amide bonds. The molecule has 0 aromatic carbocycles. The number of nitrogens with zero attached hydrogens (tertiary/aromatic N) is 1. The van der Waals surface area contributed by atoms with Gasteiger partial charge in [0.05, 0.1) is 0 Å². The second-order valence-corrected chi connectivity index (χ2v) is 4.63. The number of hydrogen-bond acceptors (Lipinski definition) is 3. The Morgan fingerprint density at radius 3 is 1.22 bits per heavy atom. The molecular weight excluding hydrogens is 222 g/mol. The number of piperidine rings is 2. The van der Waals surface area contributed by atoms with Gasteiger partial charge in [-0.3, -0.25) is 0 Å². The van der Waals surface area contributed by atoms with Crippen LogP contribution in [0.25, 0.3) is 0 Å². The summed E-state index contributed by atoms with van der Waals surface area (Å²) in [4.78, 5) is 2.64. The minimum atomic E-state index is 0.833. The summed E-state index contributed by atoms with van der Waals surface area (Å²) in [6, 6.07) is 1.67. The minimum absolute atomic E-state index is 0.833. The van der Waals surface area contributed by atoms with Crippen LogP contribution in [0.3, 0.4) is 0 Å². The zero-order chi connectivity index (χ0) is 13.8. The van der Waals surface area contributed by atoms with Gasteiger partial charge in [-0.15, -0.1) is 0 Å². The highest BCUT2D eigenvalue weighted by molar-refractivity contribution is 4.83. The maximum Gasteiger partial charge on any atom is 0.0119 e. The average Bonchev–Trinajstić information content (AvgIpc) is 2.52. The van der Waals surface area contributed by atoms with E-state index in [2.05, 4.69) is 22.6 Å². The van der Waals surface area contributed by atoms with Crippen LogP contribution in [0.1, 0.15) is 53.4 Å². The summed E-state index contributed by atoms with van der Waals surface area (Å²) < 4.78 is 0. The Hall–Kier alpha value is -0.120. The molecule has 18 heavy (non-hydrogen) atoms. The van der Waals surface area contributed by atoms with Crippen molar-refractivity contribution in [2.75, 3.05) is 33.2 Å². The van der Waals surface area contributed by atoms with Crippen LogP contribution in [0, 0.1) is 0 Å². The largest absolute Gasteiger partial charge is 0.317 e. The summed E-state index contributed by atoms with van der Waals surface area (Å²) in [6.45, 7) is 12.8. The van der Waals surface area contributed by atoms with Crippen molar-refractivity contribution in [3.8, 4) is 0 Å². The van der Waals surface area contributed by atoms with E-state index >= 15 is 0 Å². The molecule has 2 aliphatic rings. The highest BCUT2D eigenvalue weighted by atomic mass is 15.2. The molecular formula is C15H35N3. The van der Waals surface area contributed by atoms with Crippen molar-refractivity contribution in [3.63, 3.8) is 0 Å². The Bertz CT molecular complexity index is 143. The van der Waals surface area contributed by atoms with E-state index in [4.69, 9.17) is 0 Å². The predicted molar refractivity (Wildman–Crippen MR) is 82.2 cm³/mol. The first kappa shape index (κ1) is 17.9. The van der Waals surface area contributed by atoms with E-state index in [0.29, 0.717) is 0 Å². The van der Waals surface area contributed by atoms with Crippen LogP contribution in [0.4, 0.5) is 0 Å². The fourth-order valence-corrected chi connectivity index (χ4v) is 2.73. The lowest BCUT2D eigenvalue weighted by atomic mass is 9.99. The second-order valence-electron chi connectivity index (χ2n) is 4.63. The molecule has 0 bridgehead atoms.